The predicted octanol–water partition coefficient (Wildman–Crippen LogP) is 3.83. The molecule has 0 atom stereocenters. The van der Waals surface area contributed by atoms with Crippen molar-refractivity contribution in [3.63, 3.8) is 0 Å². The lowest BCUT2D eigenvalue weighted by atomic mass is 10.2. The topological polar surface area (TPSA) is 0 Å². The normalized spacial score (nSPS) is 12.4. The SMILES string of the molecule is C=C(C)/C(Cl)=C(/Cl)C(=C)C. The second-order valence-corrected chi connectivity index (χ2v) is 2.94. The third kappa shape index (κ3) is 2.59. The first kappa shape index (κ1) is 9.80. The molecular weight excluding hydrogens is 167 g/mol. The van der Waals surface area contributed by atoms with Gasteiger partial charge in [-0.2, -0.15) is 0 Å². The average Bonchev–Trinajstić information content (AvgIpc) is 1.84. The maximum atomic E-state index is 5.75. The Balaban J connectivity index is 4.67. The third-order valence-corrected chi connectivity index (χ3v) is 2.06. The van der Waals surface area contributed by atoms with Gasteiger partial charge >= 0.3 is 0 Å². The van der Waals surface area contributed by atoms with E-state index in [1.54, 1.807) is 13.8 Å². The van der Waals surface area contributed by atoms with Crippen molar-refractivity contribution in [1.29, 1.82) is 0 Å². The number of rotatable bonds is 2. The first-order chi connectivity index (χ1) is 4.46. The smallest absolute Gasteiger partial charge is 0.0618 e. The Morgan fingerprint density at radius 1 is 0.900 bits per heavy atom. The van der Waals surface area contributed by atoms with Gasteiger partial charge < -0.3 is 0 Å². The molecule has 2 heteroatoms. The minimum Gasteiger partial charge on any atom is -0.0946 e. The second kappa shape index (κ2) is 3.85. The van der Waals surface area contributed by atoms with Crippen LogP contribution in [0.2, 0.25) is 0 Å². The van der Waals surface area contributed by atoms with Crippen molar-refractivity contribution < 1.29 is 0 Å². The molecule has 56 valence electrons. The highest BCUT2D eigenvalue weighted by Gasteiger charge is 2.01. The van der Waals surface area contributed by atoms with Gasteiger partial charge in [-0.1, -0.05) is 36.4 Å². The lowest BCUT2D eigenvalue weighted by molar-refractivity contribution is 1.45. The molecule has 0 aromatic heterocycles. The molecule has 0 aliphatic heterocycles. The third-order valence-electron chi connectivity index (χ3n) is 0.942. The second-order valence-electron chi connectivity index (χ2n) is 2.19. The molecule has 0 heterocycles. The van der Waals surface area contributed by atoms with E-state index in [-0.39, 0.29) is 0 Å². The van der Waals surface area contributed by atoms with Crippen LogP contribution in [0.4, 0.5) is 0 Å². The molecule has 0 saturated heterocycles. The minimum atomic E-state index is 0.495. The molecule has 0 N–H and O–H groups in total. The first-order valence-electron chi connectivity index (χ1n) is 2.84. The molecule has 0 unspecified atom stereocenters. The van der Waals surface area contributed by atoms with Crippen molar-refractivity contribution in [2.24, 2.45) is 0 Å². The summed E-state index contributed by atoms with van der Waals surface area (Å²) in [5, 5.41) is 0.989. The van der Waals surface area contributed by atoms with Gasteiger partial charge in [-0.25, -0.2) is 0 Å². The summed E-state index contributed by atoms with van der Waals surface area (Å²) in [5.74, 6) is 0. The van der Waals surface area contributed by atoms with Crippen LogP contribution >= 0.6 is 23.2 Å². The van der Waals surface area contributed by atoms with Crippen molar-refractivity contribution in [2.75, 3.05) is 0 Å². The fourth-order valence-corrected chi connectivity index (χ4v) is 0.697. The van der Waals surface area contributed by atoms with Gasteiger partial charge in [0.2, 0.25) is 0 Å². The monoisotopic (exact) mass is 176 g/mol. The molecule has 0 bridgehead atoms. The Bertz CT molecular complexity index is 177. The van der Waals surface area contributed by atoms with E-state index in [1.807, 2.05) is 0 Å². The zero-order chi connectivity index (χ0) is 8.31. The summed E-state index contributed by atoms with van der Waals surface area (Å²) in [5.41, 5.74) is 1.52. The predicted molar refractivity (Wildman–Crippen MR) is 48.4 cm³/mol. The highest BCUT2D eigenvalue weighted by Crippen LogP contribution is 2.24. The maximum absolute atomic E-state index is 5.75. The van der Waals surface area contributed by atoms with E-state index in [1.165, 1.54) is 0 Å². The summed E-state index contributed by atoms with van der Waals surface area (Å²) in [6, 6.07) is 0. The van der Waals surface area contributed by atoms with Crippen LogP contribution in [0.1, 0.15) is 13.8 Å². The van der Waals surface area contributed by atoms with E-state index < -0.39 is 0 Å². The Hall–Kier alpha value is -0.200. The molecule has 0 aromatic carbocycles. The number of hydrogen-bond acceptors (Lipinski definition) is 0. The van der Waals surface area contributed by atoms with Gasteiger partial charge in [0.25, 0.3) is 0 Å². The molecule has 0 spiro atoms. The van der Waals surface area contributed by atoms with Gasteiger partial charge in [0.05, 0.1) is 10.1 Å². The fraction of sp³-hybridized carbons (Fsp3) is 0.250. The van der Waals surface area contributed by atoms with Crippen LogP contribution in [0.25, 0.3) is 0 Å². The van der Waals surface area contributed by atoms with Crippen molar-refractivity contribution in [2.45, 2.75) is 13.8 Å². The van der Waals surface area contributed by atoms with Crippen LogP contribution < -0.4 is 0 Å². The van der Waals surface area contributed by atoms with E-state index in [9.17, 15) is 0 Å². The quantitative estimate of drug-likeness (QED) is 0.562. The Kier molecular flexibility index (Phi) is 3.77. The fourth-order valence-electron chi connectivity index (χ4n) is 0.375. The van der Waals surface area contributed by atoms with Crippen LogP contribution in [-0.4, -0.2) is 0 Å². The summed E-state index contributed by atoms with van der Waals surface area (Å²) in [7, 11) is 0. The van der Waals surface area contributed by atoms with Crippen LogP contribution in [0.15, 0.2) is 34.4 Å². The van der Waals surface area contributed by atoms with Crippen LogP contribution in [0.3, 0.4) is 0 Å². The lowest BCUT2D eigenvalue weighted by Crippen LogP contribution is -1.80. The van der Waals surface area contributed by atoms with Gasteiger partial charge in [0.1, 0.15) is 0 Å². The molecule has 0 amide bonds. The van der Waals surface area contributed by atoms with Gasteiger partial charge in [-0.3, -0.25) is 0 Å². The Morgan fingerprint density at radius 2 is 1.10 bits per heavy atom. The molecule has 0 radical (unpaired) electrons. The van der Waals surface area contributed by atoms with Crippen molar-refractivity contribution >= 4 is 23.2 Å². The highest BCUT2D eigenvalue weighted by molar-refractivity contribution is 6.42. The average molecular weight is 177 g/mol. The molecule has 0 aliphatic rings. The van der Waals surface area contributed by atoms with Crippen LogP contribution in [-0.2, 0) is 0 Å². The van der Waals surface area contributed by atoms with Crippen molar-refractivity contribution in [3.05, 3.63) is 34.4 Å². The van der Waals surface area contributed by atoms with Gasteiger partial charge in [0.15, 0.2) is 0 Å². The number of allylic oxidation sites excluding steroid dienone is 4. The molecule has 10 heavy (non-hydrogen) atoms. The van der Waals surface area contributed by atoms with Gasteiger partial charge in [0, 0.05) is 0 Å². The summed E-state index contributed by atoms with van der Waals surface area (Å²) < 4.78 is 0. The first-order valence-corrected chi connectivity index (χ1v) is 3.59. The van der Waals surface area contributed by atoms with E-state index in [0.717, 1.165) is 11.1 Å². The minimum absolute atomic E-state index is 0.495. The molecular formula is C8H10Cl2. The van der Waals surface area contributed by atoms with Crippen LogP contribution in [0.5, 0.6) is 0 Å². The molecule has 0 aromatic rings. The summed E-state index contributed by atoms with van der Waals surface area (Å²) in [6.07, 6.45) is 0. The van der Waals surface area contributed by atoms with Crippen molar-refractivity contribution in [1.82, 2.24) is 0 Å². The number of halogens is 2. The molecule has 0 nitrogen and oxygen atoms in total. The summed E-state index contributed by atoms with van der Waals surface area (Å²) in [4.78, 5) is 0. The van der Waals surface area contributed by atoms with Crippen LogP contribution in [0, 0.1) is 0 Å². The van der Waals surface area contributed by atoms with E-state index >= 15 is 0 Å². The van der Waals surface area contributed by atoms with E-state index in [2.05, 4.69) is 13.2 Å². The lowest BCUT2D eigenvalue weighted by Gasteiger charge is -2.00. The van der Waals surface area contributed by atoms with E-state index in [0.29, 0.717) is 10.1 Å². The zero-order valence-corrected chi connectivity index (χ0v) is 7.68. The summed E-state index contributed by atoms with van der Waals surface area (Å²) >= 11 is 11.5. The molecule has 0 rings (SSSR count). The maximum Gasteiger partial charge on any atom is 0.0618 e. The Morgan fingerprint density at radius 3 is 1.20 bits per heavy atom. The molecule has 0 saturated carbocycles. The van der Waals surface area contributed by atoms with Gasteiger partial charge in [-0.05, 0) is 25.0 Å². The zero-order valence-electron chi connectivity index (χ0n) is 6.17. The molecule has 0 fully saturated rings. The highest BCUT2D eigenvalue weighted by atomic mass is 35.5. The Labute approximate surface area is 71.8 Å². The standard InChI is InChI=1S/C8H10Cl2/c1-5(2)7(9)8(10)6(3)4/h1,3H2,2,4H3/b8-7-. The largest absolute Gasteiger partial charge is 0.0946 e. The summed E-state index contributed by atoms with van der Waals surface area (Å²) in [6.45, 7) is 10.9. The molecule has 0 aliphatic carbocycles. The van der Waals surface area contributed by atoms with E-state index in [4.69, 9.17) is 23.2 Å². The van der Waals surface area contributed by atoms with Gasteiger partial charge in [-0.15, -0.1) is 0 Å². The van der Waals surface area contributed by atoms with Crippen molar-refractivity contribution in [3.8, 4) is 0 Å². The number of hydrogen-bond donors (Lipinski definition) is 0.